The number of amides is 4. The van der Waals surface area contributed by atoms with Crippen molar-refractivity contribution in [3.63, 3.8) is 0 Å². The molecule has 0 aromatic heterocycles. The van der Waals surface area contributed by atoms with Crippen LogP contribution in [-0.2, 0) is 28.8 Å². The standard InChI is InChI=1S/C17H27N5O8/c1-8(18)14(26)20-9(4-5-13(24)25)16(28)22-6-2-3-11(22)15(27)21-10(17(29)30)7-12(19)23/h8-11H,2-7,18H2,1H3,(H2,19,23)(H,20,26)(H,21,27)(H,24,25)(H,29,30). The predicted octanol–water partition coefficient (Wildman–Crippen LogP) is -2.88. The lowest BCUT2D eigenvalue weighted by atomic mass is 10.1. The Bertz CT molecular complexity index is 710. The molecule has 1 fully saturated rings. The van der Waals surface area contributed by atoms with Gasteiger partial charge in [-0.25, -0.2) is 4.79 Å². The van der Waals surface area contributed by atoms with Gasteiger partial charge in [0.2, 0.25) is 23.6 Å². The van der Waals surface area contributed by atoms with Crippen molar-refractivity contribution >= 4 is 35.6 Å². The Labute approximate surface area is 172 Å². The quantitative estimate of drug-likeness (QED) is 0.198. The summed E-state index contributed by atoms with van der Waals surface area (Å²) in [6, 6.07) is -4.73. The molecule has 0 saturated carbocycles. The van der Waals surface area contributed by atoms with E-state index in [-0.39, 0.29) is 19.4 Å². The molecule has 1 aliphatic rings. The number of aliphatic carboxylic acids is 2. The van der Waals surface area contributed by atoms with Crippen LogP contribution in [0.3, 0.4) is 0 Å². The summed E-state index contributed by atoms with van der Waals surface area (Å²) in [5.41, 5.74) is 10.5. The molecule has 1 rings (SSSR count). The fourth-order valence-electron chi connectivity index (χ4n) is 3.00. The third-order valence-electron chi connectivity index (χ3n) is 4.53. The first-order valence-corrected chi connectivity index (χ1v) is 9.33. The largest absolute Gasteiger partial charge is 0.481 e. The molecule has 0 radical (unpaired) electrons. The third-order valence-corrected chi connectivity index (χ3v) is 4.53. The summed E-state index contributed by atoms with van der Waals surface area (Å²) < 4.78 is 0. The number of hydrogen-bond donors (Lipinski definition) is 6. The van der Waals surface area contributed by atoms with Gasteiger partial charge in [0.1, 0.15) is 18.1 Å². The first-order valence-electron chi connectivity index (χ1n) is 9.33. The minimum absolute atomic E-state index is 0.155. The van der Waals surface area contributed by atoms with Crippen molar-refractivity contribution in [2.45, 2.75) is 63.2 Å². The second-order valence-corrected chi connectivity index (χ2v) is 7.04. The van der Waals surface area contributed by atoms with Gasteiger partial charge in [-0.3, -0.25) is 24.0 Å². The minimum Gasteiger partial charge on any atom is -0.481 e. The van der Waals surface area contributed by atoms with Crippen molar-refractivity contribution in [2.24, 2.45) is 11.5 Å². The lowest BCUT2D eigenvalue weighted by molar-refractivity contribution is -0.146. The molecular formula is C17H27N5O8. The van der Waals surface area contributed by atoms with E-state index in [1.807, 2.05) is 0 Å². The molecule has 0 aromatic carbocycles. The molecule has 1 heterocycles. The van der Waals surface area contributed by atoms with Gasteiger partial charge in [-0.1, -0.05) is 0 Å². The molecule has 168 valence electrons. The van der Waals surface area contributed by atoms with Crippen LogP contribution < -0.4 is 22.1 Å². The van der Waals surface area contributed by atoms with Gasteiger partial charge < -0.3 is 37.2 Å². The van der Waals surface area contributed by atoms with Crippen molar-refractivity contribution in [1.29, 1.82) is 0 Å². The number of carboxylic acids is 2. The number of carbonyl (C=O) groups is 6. The Hall–Kier alpha value is -3.22. The van der Waals surface area contributed by atoms with E-state index < -0.39 is 72.6 Å². The Morgan fingerprint density at radius 3 is 2.23 bits per heavy atom. The molecule has 4 atom stereocenters. The number of primary amides is 1. The van der Waals surface area contributed by atoms with Gasteiger partial charge in [-0.05, 0) is 26.2 Å². The second kappa shape index (κ2) is 11.1. The molecule has 1 saturated heterocycles. The van der Waals surface area contributed by atoms with E-state index >= 15 is 0 Å². The number of likely N-dealkylation sites (tertiary alicyclic amines) is 1. The summed E-state index contributed by atoms with van der Waals surface area (Å²) in [5, 5.41) is 22.6. The summed E-state index contributed by atoms with van der Waals surface area (Å²) in [4.78, 5) is 71.7. The number of carboxylic acid groups (broad SMARTS) is 2. The van der Waals surface area contributed by atoms with Crippen LogP contribution in [0.5, 0.6) is 0 Å². The van der Waals surface area contributed by atoms with Crippen LogP contribution in [0.15, 0.2) is 0 Å². The van der Waals surface area contributed by atoms with E-state index in [2.05, 4.69) is 10.6 Å². The summed E-state index contributed by atoms with van der Waals surface area (Å²) in [6.07, 6.45) is -0.567. The number of nitrogens with two attached hydrogens (primary N) is 2. The smallest absolute Gasteiger partial charge is 0.326 e. The zero-order chi connectivity index (χ0) is 23.0. The fraction of sp³-hybridized carbons (Fsp3) is 0.647. The SMILES string of the molecule is CC(N)C(=O)NC(CCC(=O)O)C(=O)N1CCCC1C(=O)NC(CC(N)=O)C(=O)O. The van der Waals surface area contributed by atoms with Crippen molar-refractivity contribution in [2.75, 3.05) is 6.54 Å². The van der Waals surface area contributed by atoms with Crippen LogP contribution in [0, 0.1) is 0 Å². The fourth-order valence-corrected chi connectivity index (χ4v) is 3.00. The Kier molecular flexibility index (Phi) is 9.17. The first kappa shape index (κ1) is 24.8. The average molecular weight is 429 g/mol. The van der Waals surface area contributed by atoms with Crippen LogP contribution in [0.25, 0.3) is 0 Å². The first-order chi connectivity index (χ1) is 13.9. The molecule has 1 aliphatic heterocycles. The van der Waals surface area contributed by atoms with Crippen LogP contribution in [0.4, 0.5) is 0 Å². The number of carbonyl (C=O) groups excluding carboxylic acids is 4. The van der Waals surface area contributed by atoms with Crippen LogP contribution in [0.1, 0.15) is 39.0 Å². The summed E-state index contributed by atoms with van der Waals surface area (Å²) in [7, 11) is 0. The van der Waals surface area contributed by atoms with Gasteiger partial charge in [0.05, 0.1) is 12.5 Å². The van der Waals surface area contributed by atoms with Crippen molar-refractivity contribution in [3.8, 4) is 0 Å². The maximum atomic E-state index is 12.9. The second-order valence-electron chi connectivity index (χ2n) is 7.04. The van der Waals surface area contributed by atoms with Gasteiger partial charge in [0.25, 0.3) is 0 Å². The molecule has 8 N–H and O–H groups in total. The Morgan fingerprint density at radius 2 is 1.73 bits per heavy atom. The lowest BCUT2D eigenvalue weighted by Crippen LogP contribution is -2.56. The van der Waals surface area contributed by atoms with Crippen molar-refractivity contribution in [1.82, 2.24) is 15.5 Å². The number of hydrogen-bond acceptors (Lipinski definition) is 7. The summed E-state index contributed by atoms with van der Waals surface area (Å²) >= 11 is 0. The van der Waals surface area contributed by atoms with Gasteiger partial charge in [0, 0.05) is 13.0 Å². The molecule has 0 bridgehead atoms. The molecule has 0 spiro atoms. The average Bonchev–Trinajstić information content (AvgIpc) is 3.12. The van der Waals surface area contributed by atoms with Crippen LogP contribution in [-0.4, -0.2) is 81.4 Å². The Balaban J connectivity index is 2.95. The molecule has 4 amide bonds. The molecule has 4 unspecified atom stereocenters. The van der Waals surface area contributed by atoms with Gasteiger partial charge in [0.15, 0.2) is 0 Å². The van der Waals surface area contributed by atoms with Crippen molar-refractivity contribution < 1.29 is 39.0 Å². The maximum Gasteiger partial charge on any atom is 0.326 e. The van der Waals surface area contributed by atoms with E-state index in [4.69, 9.17) is 21.7 Å². The summed E-state index contributed by atoms with van der Waals surface area (Å²) in [6.45, 7) is 1.55. The predicted molar refractivity (Wildman–Crippen MR) is 101 cm³/mol. The molecular weight excluding hydrogens is 402 g/mol. The van der Waals surface area contributed by atoms with Gasteiger partial charge in [-0.15, -0.1) is 0 Å². The number of rotatable bonds is 11. The highest BCUT2D eigenvalue weighted by molar-refractivity contribution is 5.95. The molecule has 30 heavy (non-hydrogen) atoms. The maximum absolute atomic E-state index is 12.9. The normalized spacial score (nSPS) is 18.7. The monoisotopic (exact) mass is 429 g/mol. The van der Waals surface area contributed by atoms with E-state index in [1.165, 1.54) is 6.92 Å². The Morgan fingerprint density at radius 1 is 1.10 bits per heavy atom. The highest BCUT2D eigenvalue weighted by Gasteiger charge is 2.39. The topological polar surface area (TPSA) is 222 Å². The van der Waals surface area contributed by atoms with E-state index in [9.17, 15) is 28.8 Å². The number of nitrogens with one attached hydrogen (secondary N) is 2. The number of nitrogens with zero attached hydrogens (tertiary/aromatic N) is 1. The summed E-state index contributed by atoms with van der Waals surface area (Å²) in [5.74, 6) is -5.67. The van der Waals surface area contributed by atoms with Crippen molar-refractivity contribution in [3.05, 3.63) is 0 Å². The highest BCUT2D eigenvalue weighted by atomic mass is 16.4. The molecule has 13 heteroatoms. The van der Waals surface area contributed by atoms with Gasteiger partial charge >= 0.3 is 11.9 Å². The lowest BCUT2D eigenvalue weighted by Gasteiger charge is -2.29. The zero-order valence-electron chi connectivity index (χ0n) is 16.5. The third kappa shape index (κ3) is 7.31. The zero-order valence-corrected chi connectivity index (χ0v) is 16.5. The van der Waals surface area contributed by atoms with Gasteiger partial charge in [-0.2, -0.15) is 0 Å². The molecule has 0 aliphatic carbocycles. The molecule has 13 nitrogen and oxygen atoms in total. The molecule has 0 aromatic rings. The van der Waals surface area contributed by atoms with Crippen LogP contribution in [0.2, 0.25) is 0 Å². The highest BCUT2D eigenvalue weighted by Crippen LogP contribution is 2.20. The van der Waals surface area contributed by atoms with E-state index in [1.54, 1.807) is 0 Å². The minimum atomic E-state index is -1.55. The van der Waals surface area contributed by atoms with E-state index in [0.29, 0.717) is 6.42 Å². The van der Waals surface area contributed by atoms with Crippen LogP contribution >= 0.6 is 0 Å². The van der Waals surface area contributed by atoms with E-state index in [0.717, 1.165) is 4.90 Å².